The molecule has 0 radical (unpaired) electrons. The van der Waals surface area contributed by atoms with E-state index in [1.54, 1.807) is 6.20 Å². The zero-order chi connectivity index (χ0) is 27.7. The monoisotopic (exact) mass is 569 g/mol. The third-order valence-corrected chi connectivity index (χ3v) is 8.63. The van der Waals surface area contributed by atoms with Crippen molar-refractivity contribution in [3.8, 4) is 11.3 Å². The number of anilines is 1. The number of hydrogen-bond acceptors (Lipinski definition) is 7. The van der Waals surface area contributed by atoms with Gasteiger partial charge in [0.25, 0.3) is 0 Å². The molecule has 2 heterocycles. The van der Waals surface area contributed by atoms with E-state index in [2.05, 4.69) is 38.2 Å². The molecule has 10 heteroatoms. The van der Waals surface area contributed by atoms with Crippen molar-refractivity contribution in [2.75, 3.05) is 18.4 Å². The first-order valence-corrected chi connectivity index (χ1v) is 15.6. The van der Waals surface area contributed by atoms with Gasteiger partial charge in [-0.1, -0.05) is 23.8 Å². The molecule has 1 atom stereocenters. The highest BCUT2D eigenvalue weighted by Gasteiger charge is 2.27. The second-order valence-electron chi connectivity index (χ2n) is 11.6. The van der Waals surface area contributed by atoms with Gasteiger partial charge in [-0.15, -0.1) is 0 Å². The summed E-state index contributed by atoms with van der Waals surface area (Å²) in [5.74, 6) is 1.38. The van der Waals surface area contributed by atoms with Crippen LogP contribution in [0.25, 0.3) is 11.3 Å². The highest BCUT2D eigenvalue weighted by molar-refractivity contribution is 6.32. The topological polar surface area (TPSA) is 106 Å². The fraction of sp³-hybridized carbons (Fsp3) is 0.667. The van der Waals surface area contributed by atoms with E-state index in [-0.39, 0.29) is 12.2 Å². The van der Waals surface area contributed by atoms with Crippen molar-refractivity contribution >= 4 is 23.6 Å². The zero-order valence-electron chi connectivity index (χ0n) is 23.7. The highest BCUT2D eigenvalue weighted by atomic mass is 35.5. The van der Waals surface area contributed by atoms with E-state index in [0.29, 0.717) is 29.6 Å². The average Bonchev–Trinajstić information content (AvgIpc) is 3.69. The molecule has 3 aliphatic rings. The van der Waals surface area contributed by atoms with Crippen LogP contribution in [0.15, 0.2) is 24.5 Å². The number of rotatable bonds is 11. The normalized spacial score (nSPS) is 24.1. The molecule has 218 valence electrons. The van der Waals surface area contributed by atoms with Gasteiger partial charge >= 0.3 is 6.09 Å². The lowest BCUT2D eigenvalue weighted by molar-refractivity contribution is 0.0864. The molecule has 40 heavy (non-hydrogen) atoms. The fourth-order valence-corrected chi connectivity index (χ4v) is 5.96. The summed E-state index contributed by atoms with van der Waals surface area (Å²) in [6.07, 6.45) is 21.6. The van der Waals surface area contributed by atoms with Crippen LogP contribution in [0.2, 0.25) is 5.02 Å². The second kappa shape index (κ2) is 14.3. The number of carbonyl (C=O) groups excluding carboxylic acids is 1. The predicted molar refractivity (Wildman–Crippen MR) is 158 cm³/mol. The smallest absolute Gasteiger partial charge is 0.407 e. The van der Waals surface area contributed by atoms with E-state index in [9.17, 15) is 4.79 Å². The first-order chi connectivity index (χ1) is 19.5. The number of hydrogen-bond donors (Lipinski definition) is 3. The van der Waals surface area contributed by atoms with E-state index in [4.69, 9.17) is 21.3 Å². The van der Waals surface area contributed by atoms with Gasteiger partial charge in [0.05, 0.1) is 23.1 Å². The maximum absolute atomic E-state index is 12.1. The Morgan fingerprint density at radius 3 is 2.65 bits per heavy atom. The third kappa shape index (κ3) is 8.43. The molecular formula is C30H44ClN7O2. The number of allylic oxidation sites excluding steroid dienone is 2. The van der Waals surface area contributed by atoms with Gasteiger partial charge in [-0.2, -0.15) is 5.10 Å². The molecule has 3 N–H and O–H groups in total. The Kier molecular flexibility index (Phi) is 10.3. The van der Waals surface area contributed by atoms with Crippen LogP contribution < -0.4 is 16.0 Å². The number of aryl methyl sites for hydroxylation is 1. The summed E-state index contributed by atoms with van der Waals surface area (Å²) in [7, 11) is 1.99. The van der Waals surface area contributed by atoms with Crippen LogP contribution >= 0.6 is 11.6 Å². The van der Waals surface area contributed by atoms with E-state index in [1.165, 1.54) is 18.5 Å². The summed E-state index contributed by atoms with van der Waals surface area (Å²) in [6, 6.07) is 0.835. The minimum Gasteiger partial charge on any atom is -0.446 e. The molecule has 3 aliphatic carbocycles. The van der Waals surface area contributed by atoms with Crippen LogP contribution in [-0.4, -0.2) is 57.1 Å². The van der Waals surface area contributed by atoms with E-state index in [0.717, 1.165) is 94.3 Å². The van der Waals surface area contributed by atoms with E-state index in [1.807, 2.05) is 17.9 Å². The Hall–Kier alpha value is -2.65. The van der Waals surface area contributed by atoms with Crippen molar-refractivity contribution in [1.82, 2.24) is 30.4 Å². The Labute approximate surface area is 242 Å². The minimum atomic E-state index is -0.281. The van der Waals surface area contributed by atoms with Crippen LogP contribution in [-0.2, 0) is 18.2 Å². The predicted octanol–water partition coefficient (Wildman–Crippen LogP) is 5.80. The van der Waals surface area contributed by atoms with Gasteiger partial charge in [-0.25, -0.2) is 14.8 Å². The molecule has 0 spiro atoms. The summed E-state index contributed by atoms with van der Waals surface area (Å²) in [4.78, 5) is 21.4. The van der Waals surface area contributed by atoms with Gasteiger partial charge < -0.3 is 20.7 Å². The van der Waals surface area contributed by atoms with Gasteiger partial charge in [-0.05, 0) is 95.9 Å². The van der Waals surface area contributed by atoms with Crippen LogP contribution in [0.1, 0.15) is 82.7 Å². The van der Waals surface area contributed by atoms with E-state index < -0.39 is 0 Å². The van der Waals surface area contributed by atoms with Gasteiger partial charge in [0.15, 0.2) is 0 Å². The lowest BCUT2D eigenvalue weighted by atomic mass is 9.91. The molecule has 2 fully saturated rings. The van der Waals surface area contributed by atoms with Crippen molar-refractivity contribution in [3.05, 3.63) is 35.3 Å². The molecule has 0 aromatic carbocycles. The molecule has 1 unspecified atom stereocenters. The number of carbonyl (C=O) groups is 1. The lowest BCUT2D eigenvalue weighted by Crippen LogP contribution is -2.38. The molecule has 1 amide bonds. The number of aromatic nitrogens is 4. The van der Waals surface area contributed by atoms with Crippen molar-refractivity contribution in [3.63, 3.8) is 0 Å². The maximum Gasteiger partial charge on any atom is 0.407 e. The standard InChI is InChI=1S/C30H44ClN7O2/c1-38-27(18-21-10-11-21)25(19-35-38)28-26(31)20-34-29(37-28)36-23-14-12-22(13-15-23)32-16-7-17-33-30(39)40-24-8-5-3-2-4-6-9-24/h2-3,19-24,32H,4-18H2,1H3,(H,33,39)(H,34,36,37)/b3-2+/t22-,23-,24?. The maximum atomic E-state index is 12.1. The Balaban J connectivity index is 1.00. The van der Waals surface area contributed by atoms with Crippen molar-refractivity contribution < 1.29 is 9.53 Å². The SMILES string of the molecule is Cn1ncc(-c2nc(N[C@H]3CC[C@H](NCCCNC(=O)OC4CC/C=C/CCC4)CC3)ncc2Cl)c1CC1CC1. The first kappa shape index (κ1) is 28.9. The van der Waals surface area contributed by atoms with Gasteiger partial charge in [0.2, 0.25) is 5.95 Å². The van der Waals surface area contributed by atoms with Gasteiger partial charge in [0, 0.05) is 36.9 Å². The third-order valence-electron chi connectivity index (χ3n) is 8.35. The largest absolute Gasteiger partial charge is 0.446 e. The van der Waals surface area contributed by atoms with Crippen molar-refractivity contribution in [2.45, 2.75) is 102 Å². The quantitative estimate of drug-likeness (QED) is 0.232. The summed E-state index contributed by atoms with van der Waals surface area (Å²) >= 11 is 6.54. The summed E-state index contributed by atoms with van der Waals surface area (Å²) < 4.78 is 7.57. The molecule has 0 saturated heterocycles. The molecule has 0 bridgehead atoms. The number of ether oxygens (including phenoxy) is 1. The number of nitrogens with one attached hydrogen (secondary N) is 3. The fourth-order valence-electron chi connectivity index (χ4n) is 5.77. The summed E-state index contributed by atoms with van der Waals surface area (Å²) in [6.45, 7) is 1.51. The summed E-state index contributed by atoms with van der Waals surface area (Å²) in [5.41, 5.74) is 2.97. The number of alkyl carbamates (subject to hydrolysis) is 1. The Morgan fingerprint density at radius 1 is 1.02 bits per heavy atom. The molecule has 5 rings (SSSR count). The number of halogens is 1. The minimum absolute atomic E-state index is 0.0388. The van der Waals surface area contributed by atoms with Crippen LogP contribution in [0.4, 0.5) is 10.7 Å². The van der Waals surface area contributed by atoms with Gasteiger partial charge in [0.1, 0.15) is 6.10 Å². The van der Waals surface area contributed by atoms with Crippen LogP contribution in [0.3, 0.4) is 0 Å². The zero-order valence-corrected chi connectivity index (χ0v) is 24.5. The number of nitrogens with zero attached hydrogens (tertiary/aromatic N) is 4. The molecule has 9 nitrogen and oxygen atoms in total. The van der Waals surface area contributed by atoms with Crippen molar-refractivity contribution in [1.29, 1.82) is 0 Å². The molecule has 2 saturated carbocycles. The molecular weight excluding hydrogens is 526 g/mol. The summed E-state index contributed by atoms with van der Waals surface area (Å²) in [5, 5.41) is 15.2. The molecule has 2 aromatic rings. The Bertz CT molecular complexity index is 1140. The lowest BCUT2D eigenvalue weighted by Gasteiger charge is -2.30. The average molecular weight is 570 g/mol. The van der Waals surface area contributed by atoms with Crippen LogP contribution in [0, 0.1) is 5.92 Å². The van der Waals surface area contributed by atoms with E-state index >= 15 is 0 Å². The Morgan fingerprint density at radius 2 is 1.82 bits per heavy atom. The van der Waals surface area contributed by atoms with Crippen LogP contribution in [0.5, 0.6) is 0 Å². The highest BCUT2D eigenvalue weighted by Crippen LogP contribution is 2.37. The van der Waals surface area contributed by atoms with Crippen molar-refractivity contribution in [2.24, 2.45) is 13.0 Å². The number of amides is 1. The van der Waals surface area contributed by atoms with Gasteiger partial charge in [-0.3, -0.25) is 4.68 Å². The second-order valence-corrected chi connectivity index (χ2v) is 12.0. The first-order valence-electron chi connectivity index (χ1n) is 15.2. The molecule has 0 aliphatic heterocycles. The molecule has 2 aromatic heterocycles.